The fourth-order valence-corrected chi connectivity index (χ4v) is 1.15. The zero-order valence-electron chi connectivity index (χ0n) is 5.71. The molecule has 2 N–H and O–H groups in total. The standard InChI is InChI=1S/C7H13NS/c1-3-7(5-6-8)9-4-2/h4-7H,2-3,8H2,1H3/b6-5-. The highest BCUT2D eigenvalue weighted by atomic mass is 32.2. The molecule has 2 heteroatoms. The van der Waals surface area contributed by atoms with Crippen LogP contribution in [-0.2, 0) is 0 Å². The Labute approximate surface area is 61.0 Å². The molecule has 0 aliphatic carbocycles. The fourth-order valence-electron chi connectivity index (χ4n) is 0.525. The van der Waals surface area contributed by atoms with Crippen molar-refractivity contribution in [3.8, 4) is 0 Å². The summed E-state index contributed by atoms with van der Waals surface area (Å²) in [6, 6.07) is 0. The molecule has 0 radical (unpaired) electrons. The summed E-state index contributed by atoms with van der Waals surface area (Å²) in [6.07, 6.45) is 4.67. The average molecular weight is 143 g/mol. The van der Waals surface area contributed by atoms with Crippen molar-refractivity contribution in [2.45, 2.75) is 18.6 Å². The van der Waals surface area contributed by atoms with Crippen LogP contribution in [0, 0.1) is 0 Å². The summed E-state index contributed by atoms with van der Waals surface area (Å²) >= 11 is 1.70. The maximum Gasteiger partial charge on any atom is 0.0282 e. The highest BCUT2D eigenvalue weighted by molar-refractivity contribution is 8.02. The molecule has 9 heavy (non-hydrogen) atoms. The zero-order chi connectivity index (χ0) is 7.11. The van der Waals surface area contributed by atoms with Crippen molar-refractivity contribution in [3.63, 3.8) is 0 Å². The van der Waals surface area contributed by atoms with E-state index in [0.717, 1.165) is 6.42 Å². The van der Waals surface area contributed by atoms with Gasteiger partial charge in [-0.25, -0.2) is 0 Å². The first kappa shape index (κ1) is 8.63. The van der Waals surface area contributed by atoms with Crippen molar-refractivity contribution in [3.05, 3.63) is 24.3 Å². The molecule has 0 aromatic carbocycles. The first-order valence-electron chi connectivity index (χ1n) is 3.00. The molecule has 1 nitrogen and oxygen atoms in total. The van der Waals surface area contributed by atoms with Crippen molar-refractivity contribution < 1.29 is 0 Å². The van der Waals surface area contributed by atoms with Crippen LogP contribution in [0.15, 0.2) is 24.3 Å². The molecule has 52 valence electrons. The average Bonchev–Trinajstić information content (AvgIpc) is 1.88. The van der Waals surface area contributed by atoms with E-state index in [0.29, 0.717) is 5.25 Å². The van der Waals surface area contributed by atoms with E-state index in [-0.39, 0.29) is 0 Å². The minimum atomic E-state index is 0.507. The molecular weight excluding hydrogens is 130 g/mol. The Morgan fingerprint density at radius 1 is 1.78 bits per heavy atom. The van der Waals surface area contributed by atoms with Crippen LogP contribution in [0.5, 0.6) is 0 Å². The van der Waals surface area contributed by atoms with Crippen LogP contribution in [0.2, 0.25) is 0 Å². The van der Waals surface area contributed by atoms with Crippen molar-refractivity contribution >= 4 is 11.8 Å². The quantitative estimate of drug-likeness (QED) is 0.652. The van der Waals surface area contributed by atoms with E-state index in [4.69, 9.17) is 5.73 Å². The van der Waals surface area contributed by atoms with Crippen molar-refractivity contribution in [2.75, 3.05) is 0 Å². The fraction of sp³-hybridized carbons (Fsp3) is 0.429. The molecule has 0 aromatic heterocycles. The van der Waals surface area contributed by atoms with Crippen LogP contribution >= 0.6 is 11.8 Å². The van der Waals surface area contributed by atoms with Gasteiger partial charge >= 0.3 is 0 Å². The van der Waals surface area contributed by atoms with Crippen molar-refractivity contribution in [1.29, 1.82) is 0 Å². The van der Waals surface area contributed by atoms with Gasteiger partial charge in [0.1, 0.15) is 0 Å². The van der Waals surface area contributed by atoms with E-state index in [1.807, 2.05) is 11.5 Å². The second-order valence-corrected chi connectivity index (χ2v) is 2.85. The number of hydrogen-bond donors (Lipinski definition) is 1. The summed E-state index contributed by atoms with van der Waals surface area (Å²) in [5, 5.41) is 2.35. The molecule has 0 amide bonds. The lowest BCUT2D eigenvalue weighted by Crippen LogP contribution is -1.94. The Kier molecular flexibility index (Phi) is 5.52. The molecule has 1 atom stereocenters. The van der Waals surface area contributed by atoms with Gasteiger partial charge in [0.15, 0.2) is 0 Å². The Morgan fingerprint density at radius 2 is 2.44 bits per heavy atom. The summed E-state index contributed by atoms with van der Waals surface area (Å²) in [5.74, 6) is 0. The summed E-state index contributed by atoms with van der Waals surface area (Å²) in [7, 11) is 0. The lowest BCUT2D eigenvalue weighted by Gasteiger charge is -2.02. The van der Waals surface area contributed by atoms with Gasteiger partial charge in [0, 0.05) is 5.25 Å². The third kappa shape index (κ3) is 4.15. The predicted octanol–water partition coefficient (Wildman–Crippen LogP) is 2.11. The van der Waals surface area contributed by atoms with Gasteiger partial charge < -0.3 is 5.73 Å². The molecular formula is C7H13NS. The van der Waals surface area contributed by atoms with Crippen molar-refractivity contribution in [1.82, 2.24) is 0 Å². The number of rotatable bonds is 4. The van der Waals surface area contributed by atoms with E-state index in [1.165, 1.54) is 0 Å². The van der Waals surface area contributed by atoms with E-state index in [1.54, 1.807) is 18.0 Å². The van der Waals surface area contributed by atoms with E-state index in [9.17, 15) is 0 Å². The maximum absolute atomic E-state index is 5.21. The highest BCUT2D eigenvalue weighted by Gasteiger charge is 1.96. The minimum absolute atomic E-state index is 0.507. The molecule has 1 unspecified atom stereocenters. The SMILES string of the molecule is C=CSC(/C=C\N)CC. The van der Waals surface area contributed by atoms with Gasteiger partial charge in [-0.15, -0.1) is 11.8 Å². The van der Waals surface area contributed by atoms with E-state index >= 15 is 0 Å². The predicted molar refractivity (Wildman–Crippen MR) is 45.2 cm³/mol. The topological polar surface area (TPSA) is 26.0 Å². The Morgan fingerprint density at radius 3 is 2.78 bits per heavy atom. The van der Waals surface area contributed by atoms with Gasteiger partial charge in [-0.2, -0.15) is 0 Å². The molecule has 0 aliphatic heterocycles. The molecule has 0 aliphatic rings. The van der Waals surface area contributed by atoms with Crippen LogP contribution in [0.3, 0.4) is 0 Å². The lowest BCUT2D eigenvalue weighted by molar-refractivity contribution is 0.978. The van der Waals surface area contributed by atoms with Gasteiger partial charge in [-0.1, -0.05) is 19.6 Å². The summed E-state index contributed by atoms with van der Waals surface area (Å²) < 4.78 is 0. The summed E-state index contributed by atoms with van der Waals surface area (Å²) in [6.45, 7) is 5.75. The van der Waals surface area contributed by atoms with Gasteiger partial charge in [0.2, 0.25) is 0 Å². The monoisotopic (exact) mass is 143 g/mol. The van der Waals surface area contributed by atoms with Crippen molar-refractivity contribution in [2.24, 2.45) is 5.73 Å². The van der Waals surface area contributed by atoms with Crippen LogP contribution in [0.4, 0.5) is 0 Å². The zero-order valence-corrected chi connectivity index (χ0v) is 6.53. The molecule has 0 heterocycles. The lowest BCUT2D eigenvalue weighted by atomic mass is 10.3. The van der Waals surface area contributed by atoms with Crippen LogP contribution in [-0.4, -0.2) is 5.25 Å². The highest BCUT2D eigenvalue weighted by Crippen LogP contribution is 2.15. The number of thioether (sulfide) groups is 1. The van der Waals surface area contributed by atoms with Gasteiger partial charge in [0.25, 0.3) is 0 Å². The van der Waals surface area contributed by atoms with Crippen LogP contribution in [0.1, 0.15) is 13.3 Å². The van der Waals surface area contributed by atoms with Crippen LogP contribution in [0.25, 0.3) is 0 Å². The first-order chi connectivity index (χ1) is 4.35. The third-order valence-electron chi connectivity index (χ3n) is 0.999. The summed E-state index contributed by atoms with van der Waals surface area (Å²) in [5.41, 5.74) is 5.21. The first-order valence-corrected chi connectivity index (χ1v) is 3.94. The second kappa shape index (κ2) is 5.76. The van der Waals surface area contributed by atoms with Gasteiger partial charge in [-0.05, 0) is 18.0 Å². The summed E-state index contributed by atoms with van der Waals surface area (Å²) in [4.78, 5) is 0. The Bertz CT molecular complexity index is 99.1. The van der Waals surface area contributed by atoms with E-state index in [2.05, 4.69) is 13.5 Å². The third-order valence-corrected chi connectivity index (χ3v) is 2.03. The minimum Gasteiger partial charge on any atom is -0.405 e. The molecule has 0 saturated carbocycles. The molecule has 0 aromatic rings. The smallest absolute Gasteiger partial charge is 0.0282 e. The van der Waals surface area contributed by atoms with Gasteiger partial charge in [0.05, 0.1) is 0 Å². The number of nitrogens with two attached hydrogens (primary N) is 1. The van der Waals surface area contributed by atoms with Crippen LogP contribution < -0.4 is 5.73 Å². The number of hydrogen-bond acceptors (Lipinski definition) is 2. The normalized spacial score (nSPS) is 13.9. The Hall–Kier alpha value is -0.370. The van der Waals surface area contributed by atoms with E-state index < -0.39 is 0 Å². The second-order valence-electron chi connectivity index (χ2n) is 1.63. The molecule has 0 bridgehead atoms. The largest absolute Gasteiger partial charge is 0.405 e. The maximum atomic E-state index is 5.21. The molecule has 0 rings (SSSR count). The molecule has 0 saturated heterocycles. The van der Waals surface area contributed by atoms with Gasteiger partial charge in [-0.3, -0.25) is 0 Å². The molecule has 0 spiro atoms. The Balaban J connectivity index is 3.53. The molecule has 0 fully saturated rings.